The zero-order valence-corrected chi connectivity index (χ0v) is 13.0. The topological polar surface area (TPSA) is 111 Å². The number of amides is 2. The molecule has 1 aromatic rings. The van der Waals surface area contributed by atoms with Gasteiger partial charge in [-0.05, 0) is 12.0 Å². The van der Waals surface area contributed by atoms with Gasteiger partial charge in [0.05, 0.1) is 22.6 Å². The molecule has 9 heteroatoms. The van der Waals surface area contributed by atoms with Crippen molar-refractivity contribution < 1.29 is 19.3 Å². The van der Waals surface area contributed by atoms with Crippen molar-refractivity contribution in [3.8, 4) is 0 Å². The number of benzene rings is 1. The number of non-ortho nitro benzene ring substituents is 1. The van der Waals surface area contributed by atoms with Crippen molar-refractivity contribution in [3.05, 3.63) is 38.9 Å². The van der Waals surface area contributed by atoms with Crippen molar-refractivity contribution in [2.45, 2.75) is 19.9 Å². The maximum atomic E-state index is 12.2. The molecule has 0 aliphatic rings. The van der Waals surface area contributed by atoms with E-state index in [0.29, 0.717) is 0 Å². The number of hydrogen-bond donors (Lipinski definition) is 2. The van der Waals surface area contributed by atoms with Gasteiger partial charge in [0.15, 0.2) is 0 Å². The molecule has 1 atom stereocenters. The quantitative estimate of drug-likeness (QED) is 0.609. The highest BCUT2D eigenvalue weighted by Crippen LogP contribution is 2.22. The van der Waals surface area contributed by atoms with E-state index in [1.165, 1.54) is 19.2 Å². The molecule has 0 heterocycles. The van der Waals surface area contributed by atoms with Gasteiger partial charge in [-0.15, -0.1) is 0 Å². The van der Waals surface area contributed by atoms with Gasteiger partial charge in [0.25, 0.3) is 17.5 Å². The Balaban J connectivity index is 2.95. The van der Waals surface area contributed by atoms with E-state index in [1.54, 1.807) is 13.8 Å². The van der Waals surface area contributed by atoms with E-state index in [4.69, 9.17) is 11.6 Å². The third-order valence-electron chi connectivity index (χ3n) is 2.85. The van der Waals surface area contributed by atoms with Crippen LogP contribution in [0, 0.1) is 16.0 Å². The summed E-state index contributed by atoms with van der Waals surface area (Å²) >= 11 is 5.88. The van der Waals surface area contributed by atoms with Crippen LogP contribution in [0.25, 0.3) is 0 Å². The van der Waals surface area contributed by atoms with Gasteiger partial charge in [0, 0.05) is 12.1 Å². The van der Waals surface area contributed by atoms with E-state index in [1.807, 2.05) is 0 Å². The molecule has 1 rings (SSSR count). The number of nitrogens with zero attached hydrogens (tertiary/aromatic N) is 1. The highest BCUT2D eigenvalue weighted by molar-refractivity contribution is 6.34. The first-order chi connectivity index (χ1) is 10.3. The fourth-order valence-corrected chi connectivity index (χ4v) is 1.98. The molecule has 0 bridgehead atoms. The lowest BCUT2D eigenvalue weighted by Gasteiger charge is -2.21. The van der Waals surface area contributed by atoms with Crippen LogP contribution in [0.1, 0.15) is 24.2 Å². The summed E-state index contributed by atoms with van der Waals surface area (Å²) in [4.78, 5) is 38.6. The number of carbonyl (C=O) groups excluding carboxylic acids is 2. The molecular weight excluding hydrogens is 314 g/mol. The first-order valence-corrected chi connectivity index (χ1v) is 6.73. The highest BCUT2D eigenvalue weighted by atomic mass is 35.5. The van der Waals surface area contributed by atoms with Crippen LogP contribution in [-0.4, -0.2) is 29.9 Å². The maximum Gasteiger partial charge on any atom is 0.270 e. The van der Waals surface area contributed by atoms with E-state index in [9.17, 15) is 19.7 Å². The smallest absolute Gasteiger partial charge is 0.270 e. The Hall–Kier alpha value is -2.19. The van der Waals surface area contributed by atoms with Crippen molar-refractivity contribution in [2.75, 3.05) is 7.11 Å². The fourth-order valence-electron chi connectivity index (χ4n) is 1.72. The van der Waals surface area contributed by atoms with Crippen LogP contribution in [0.3, 0.4) is 0 Å². The van der Waals surface area contributed by atoms with Gasteiger partial charge in [0.2, 0.25) is 0 Å². The number of nitro groups is 1. The molecule has 2 amide bonds. The van der Waals surface area contributed by atoms with E-state index in [2.05, 4.69) is 15.6 Å². The monoisotopic (exact) mass is 329 g/mol. The van der Waals surface area contributed by atoms with Crippen LogP contribution in [0.2, 0.25) is 5.02 Å². The lowest BCUT2D eigenvalue weighted by Crippen LogP contribution is -2.49. The number of hydroxylamine groups is 1. The molecule has 0 spiro atoms. The van der Waals surface area contributed by atoms with Crippen LogP contribution in [-0.2, 0) is 9.63 Å². The summed E-state index contributed by atoms with van der Waals surface area (Å²) in [6.45, 7) is 3.50. The van der Waals surface area contributed by atoms with Gasteiger partial charge in [-0.3, -0.25) is 24.5 Å². The summed E-state index contributed by atoms with van der Waals surface area (Å²) in [5.74, 6) is -1.32. The molecule has 0 radical (unpaired) electrons. The average molecular weight is 330 g/mol. The molecule has 0 saturated carbocycles. The van der Waals surface area contributed by atoms with Crippen molar-refractivity contribution in [1.29, 1.82) is 0 Å². The third kappa shape index (κ3) is 4.40. The van der Waals surface area contributed by atoms with Crippen LogP contribution in [0.15, 0.2) is 18.2 Å². The van der Waals surface area contributed by atoms with Gasteiger partial charge in [-0.25, -0.2) is 5.48 Å². The number of nitrogens with one attached hydrogen (secondary N) is 2. The Morgan fingerprint density at radius 1 is 1.36 bits per heavy atom. The number of rotatable bonds is 6. The van der Waals surface area contributed by atoms with Gasteiger partial charge in [-0.2, -0.15) is 0 Å². The molecular formula is C13H16ClN3O5. The largest absolute Gasteiger partial charge is 0.340 e. The van der Waals surface area contributed by atoms with Gasteiger partial charge >= 0.3 is 0 Å². The number of carbonyl (C=O) groups is 2. The summed E-state index contributed by atoms with van der Waals surface area (Å²) < 4.78 is 0. The third-order valence-corrected chi connectivity index (χ3v) is 3.16. The average Bonchev–Trinajstić information content (AvgIpc) is 2.43. The first kappa shape index (κ1) is 17.9. The van der Waals surface area contributed by atoms with E-state index >= 15 is 0 Å². The van der Waals surface area contributed by atoms with E-state index < -0.39 is 22.8 Å². The fraction of sp³-hybridized carbons (Fsp3) is 0.385. The Labute approximate surface area is 131 Å². The lowest BCUT2D eigenvalue weighted by molar-refractivity contribution is -0.384. The summed E-state index contributed by atoms with van der Waals surface area (Å²) in [5.41, 5.74) is 1.97. The van der Waals surface area contributed by atoms with Crippen LogP contribution < -0.4 is 10.8 Å². The first-order valence-electron chi connectivity index (χ1n) is 6.35. The zero-order valence-electron chi connectivity index (χ0n) is 12.3. The molecule has 22 heavy (non-hydrogen) atoms. The molecule has 0 aliphatic carbocycles. The lowest BCUT2D eigenvalue weighted by atomic mass is 10.0. The second kappa shape index (κ2) is 7.71. The Morgan fingerprint density at radius 3 is 2.45 bits per heavy atom. The van der Waals surface area contributed by atoms with Gasteiger partial charge in [-0.1, -0.05) is 25.4 Å². The summed E-state index contributed by atoms with van der Waals surface area (Å²) in [5, 5.41) is 13.1. The molecule has 120 valence electrons. The Kier molecular flexibility index (Phi) is 6.26. The number of nitro benzene ring substituents is 1. The number of hydrogen-bond acceptors (Lipinski definition) is 5. The maximum absolute atomic E-state index is 12.2. The van der Waals surface area contributed by atoms with Crippen molar-refractivity contribution in [1.82, 2.24) is 10.8 Å². The normalized spacial score (nSPS) is 11.9. The summed E-state index contributed by atoms with van der Waals surface area (Å²) in [6, 6.07) is 2.65. The van der Waals surface area contributed by atoms with Gasteiger partial charge < -0.3 is 5.32 Å². The second-order valence-corrected chi connectivity index (χ2v) is 5.19. The molecule has 0 fully saturated rings. The van der Waals surface area contributed by atoms with Crippen molar-refractivity contribution in [2.24, 2.45) is 5.92 Å². The summed E-state index contributed by atoms with van der Waals surface area (Å²) in [6.07, 6.45) is 0. The minimum Gasteiger partial charge on any atom is -0.340 e. The highest BCUT2D eigenvalue weighted by Gasteiger charge is 2.26. The molecule has 1 unspecified atom stereocenters. The molecule has 0 saturated heterocycles. The molecule has 2 N–H and O–H groups in total. The predicted molar refractivity (Wildman–Crippen MR) is 79.4 cm³/mol. The van der Waals surface area contributed by atoms with Gasteiger partial charge in [0.1, 0.15) is 6.04 Å². The second-order valence-electron chi connectivity index (χ2n) is 4.79. The summed E-state index contributed by atoms with van der Waals surface area (Å²) in [7, 11) is 1.28. The van der Waals surface area contributed by atoms with E-state index in [0.717, 1.165) is 6.07 Å². The van der Waals surface area contributed by atoms with Crippen LogP contribution in [0.4, 0.5) is 5.69 Å². The minimum atomic E-state index is -0.835. The molecule has 0 aromatic heterocycles. The molecule has 0 aliphatic heterocycles. The van der Waals surface area contributed by atoms with Crippen molar-refractivity contribution in [3.63, 3.8) is 0 Å². The standard InChI is InChI=1S/C13H16ClN3O5/c1-7(2)11(13(19)16-22-3)15-12(18)9-5-4-8(17(20)21)6-10(9)14/h4-7,11H,1-3H3,(H,15,18)(H,16,19). The Bertz CT molecular complexity index is 591. The SMILES string of the molecule is CONC(=O)C(NC(=O)c1ccc([N+](=O)[O-])cc1Cl)C(C)C. The predicted octanol–water partition coefficient (Wildman–Crippen LogP) is 1.68. The Morgan fingerprint density at radius 2 is 2.00 bits per heavy atom. The molecule has 8 nitrogen and oxygen atoms in total. The number of halogens is 1. The van der Waals surface area contributed by atoms with E-state index in [-0.39, 0.29) is 22.2 Å². The molecule has 1 aromatic carbocycles. The minimum absolute atomic E-state index is 0.0446. The van der Waals surface area contributed by atoms with Crippen LogP contribution in [0.5, 0.6) is 0 Å². The van der Waals surface area contributed by atoms with Crippen LogP contribution >= 0.6 is 11.6 Å². The zero-order chi connectivity index (χ0) is 16.9. The van der Waals surface area contributed by atoms with Crippen molar-refractivity contribution >= 4 is 29.1 Å².